The first-order valence-corrected chi connectivity index (χ1v) is 15.4. The maximum absolute atomic E-state index is 2.53. The minimum Gasteiger partial charge on any atom is -0.341 e. The minimum atomic E-state index is 0.142. The molecule has 202 valence electrons. The topological polar surface area (TPSA) is 3.24 Å². The summed E-state index contributed by atoms with van der Waals surface area (Å²) in [7, 11) is 0. The monoisotopic (exact) mass is 499 g/mol. The van der Waals surface area contributed by atoms with Gasteiger partial charge in [0.2, 0.25) is 0 Å². The summed E-state index contributed by atoms with van der Waals surface area (Å²) in [6.45, 7) is 7.95. The van der Waals surface area contributed by atoms with E-state index in [4.69, 9.17) is 0 Å². The van der Waals surface area contributed by atoms with E-state index in [-0.39, 0.29) is 5.41 Å². The first kappa shape index (κ1) is 29.3. The van der Waals surface area contributed by atoms with Gasteiger partial charge in [0.05, 0.1) is 0 Å². The summed E-state index contributed by atoms with van der Waals surface area (Å²) in [6, 6.07) is 18.8. The van der Waals surface area contributed by atoms with E-state index in [0.717, 1.165) is 13.0 Å². The molecule has 0 fully saturated rings. The zero-order chi connectivity index (χ0) is 26.2. The first-order chi connectivity index (χ1) is 18.1. The molecule has 0 spiro atoms. The van der Waals surface area contributed by atoms with Crippen LogP contribution in [0.3, 0.4) is 0 Å². The lowest BCUT2D eigenvalue weighted by Crippen LogP contribution is -2.32. The Hall–Kier alpha value is -2.28. The van der Waals surface area contributed by atoms with E-state index in [1.165, 1.54) is 112 Å². The van der Waals surface area contributed by atoms with Gasteiger partial charge in [-0.25, -0.2) is 0 Å². The van der Waals surface area contributed by atoms with Crippen molar-refractivity contribution in [3.8, 4) is 0 Å². The summed E-state index contributed by atoms with van der Waals surface area (Å²) >= 11 is 0. The van der Waals surface area contributed by atoms with Gasteiger partial charge >= 0.3 is 0 Å². The van der Waals surface area contributed by atoms with Crippen LogP contribution in [0, 0.1) is 5.41 Å². The molecule has 0 amide bonds. The molecule has 0 N–H and O–H groups in total. The highest BCUT2D eigenvalue weighted by atomic mass is 15.1. The van der Waals surface area contributed by atoms with Crippen LogP contribution in [0.25, 0.3) is 0 Å². The Kier molecular flexibility index (Phi) is 13.1. The lowest BCUT2D eigenvalue weighted by molar-refractivity contribution is 0.440. The molecule has 1 aliphatic rings. The van der Waals surface area contributed by atoms with E-state index in [2.05, 4.69) is 98.5 Å². The van der Waals surface area contributed by atoms with Crippen LogP contribution in [0.1, 0.15) is 115 Å². The molecular weight excluding hydrogens is 446 g/mol. The van der Waals surface area contributed by atoms with Gasteiger partial charge in [0.1, 0.15) is 0 Å². The van der Waals surface area contributed by atoms with Crippen molar-refractivity contribution >= 4 is 11.4 Å². The molecule has 0 saturated heterocycles. The molecule has 0 bridgehead atoms. The smallest absolute Gasteiger partial charge is 0.0411 e. The van der Waals surface area contributed by atoms with Crippen LogP contribution in [0.5, 0.6) is 0 Å². The summed E-state index contributed by atoms with van der Waals surface area (Å²) in [5, 5.41) is 0. The summed E-state index contributed by atoms with van der Waals surface area (Å²) in [6.07, 6.45) is 28.9. The van der Waals surface area contributed by atoms with Crippen LogP contribution in [-0.2, 0) is 12.8 Å². The maximum atomic E-state index is 2.53. The third-order valence-corrected chi connectivity index (χ3v) is 7.98. The molecule has 37 heavy (non-hydrogen) atoms. The van der Waals surface area contributed by atoms with E-state index in [1.54, 1.807) is 0 Å². The van der Waals surface area contributed by atoms with Gasteiger partial charge < -0.3 is 4.90 Å². The van der Waals surface area contributed by atoms with E-state index in [9.17, 15) is 0 Å². The second-order valence-corrected chi connectivity index (χ2v) is 11.6. The summed E-state index contributed by atoms with van der Waals surface area (Å²) < 4.78 is 0. The van der Waals surface area contributed by atoms with Gasteiger partial charge in [0.15, 0.2) is 0 Å². The van der Waals surface area contributed by atoms with E-state index >= 15 is 0 Å². The van der Waals surface area contributed by atoms with Crippen molar-refractivity contribution in [3.05, 3.63) is 84.0 Å². The number of anilines is 2. The second kappa shape index (κ2) is 16.5. The van der Waals surface area contributed by atoms with Crippen molar-refractivity contribution in [2.75, 3.05) is 11.4 Å². The normalized spacial score (nSPS) is 16.8. The van der Waals surface area contributed by atoms with Crippen molar-refractivity contribution in [2.45, 2.75) is 117 Å². The van der Waals surface area contributed by atoms with Crippen molar-refractivity contribution < 1.29 is 0 Å². The van der Waals surface area contributed by atoms with Crippen LogP contribution < -0.4 is 4.90 Å². The van der Waals surface area contributed by atoms with Crippen LogP contribution in [0.4, 0.5) is 11.4 Å². The van der Waals surface area contributed by atoms with Crippen molar-refractivity contribution in [1.82, 2.24) is 0 Å². The molecule has 0 aliphatic heterocycles. The highest BCUT2D eigenvalue weighted by Crippen LogP contribution is 2.35. The van der Waals surface area contributed by atoms with Gasteiger partial charge in [0.25, 0.3) is 0 Å². The Balaban J connectivity index is 1.63. The zero-order valence-electron chi connectivity index (χ0n) is 24.2. The predicted octanol–water partition coefficient (Wildman–Crippen LogP) is 11.2. The molecule has 1 atom stereocenters. The van der Waals surface area contributed by atoms with Crippen molar-refractivity contribution in [2.24, 2.45) is 5.41 Å². The quantitative estimate of drug-likeness (QED) is 0.184. The Morgan fingerprint density at radius 3 is 1.49 bits per heavy atom. The van der Waals surface area contributed by atoms with Crippen LogP contribution in [0.15, 0.2) is 72.8 Å². The van der Waals surface area contributed by atoms with Crippen LogP contribution in [-0.4, -0.2) is 6.54 Å². The third kappa shape index (κ3) is 10.5. The Morgan fingerprint density at radius 1 is 0.595 bits per heavy atom. The van der Waals surface area contributed by atoms with Crippen LogP contribution in [0.2, 0.25) is 0 Å². The van der Waals surface area contributed by atoms with E-state index in [0.29, 0.717) is 0 Å². The van der Waals surface area contributed by atoms with Crippen molar-refractivity contribution in [3.63, 3.8) is 0 Å². The Morgan fingerprint density at radius 2 is 1.05 bits per heavy atom. The standard InChI is InChI=1S/C36H53N/c1-4-6-8-10-12-15-19-32-21-25-34(26-22-32)37(31-36(3)29-17-14-18-30-36)35-27-23-33(24-28-35)20-16-13-11-9-7-5-2/h14,17-18,21-29H,4-13,15-16,19-20,30-31H2,1-3H3. The Labute approximate surface area is 229 Å². The molecule has 0 radical (unpaired) electrons. The molecule has 1 unspecified atom stereocenters. The number of benzene rings is 2. The molecule has 0 saturated carbocycles. The highest BCUT2D eigenvalue weighted by Gasteiger charge is 2.25. The average molecular weight is 500 g/mol. The molecule has 3 rings (SSSR count). The second-order valence-electron chi connectivity index (χ2n) is 11.6. The number of allylic oxidation sites excluding steroid dienone is 3. The average Bonchev–Trinajstić information content (AvgIpc) is 2.92. The molecule has 1 heteroatoms. The Bertz CT molecular complexity index is 861. The SMILES string of the molecule is CCCCCCCCc1ccc(N(CC2(C)C=CC=CC2)c2ccc(CCCCCCCC)cc2)cc1. The largest absolute Gasteiger partial charge is 0.341 e. The summed E-state index contributed by atoms with van der Waals surface area (Å²) in [4.78, 5) is 2.53. The molecule has 1 aliphatic carbocycles. The first-order valence-electron chi connectivity index (χ1n) is 15.4. The third-order valence-electron chi connectivity index (χ3n) is 7.98. The molecule has 2 aromatic carbocycles. The number of rotatable bonds is 18. The lowest BCUT2D eigenvalue weighted by Gasteiger charge is -2.35. The summed E-state index contributed by atoms with van der Waals surface area (Å²) in [5.41, 5.74) is 5.70. The number of hydrogen-bond acceptors (Lipinski definition) is 1. The molecule has 0 heterocycles. The van der Waals surface area contributed by atoms with Crippen LogP contribution >= 0.6 is 0 Å². The highest BCUT2D eigenvalue weighted by molar-refractivity contribution is 5.64. The summed E-state index contributed by atoms with van der Waals surface area (Å²) in [5.74, 6) is 0. The van der Waals surface area contributed by atoms with Gasteiger partial charge in [-0.3, -0.25) is 0 Å². The van der Waals surface area contributed by atoms with E-state index in [1.807, 2.05) is 0 Å². The number of unbranched alkanes of at least 4 members (excludes halogenated alkanes) is 10. The lowest BCUT2D eigenvalue weighted by atomic mass is 9.83. The fourth-order valence-corrected chi connectivity index (χ4v) is 5.49. The van der Waals surface area contributed by atoms with Gasteiger partial charge in [-0.2, -0.15) is 0 Å². The number of nitrogens with zero attached hydrogens (tertiary/aromatic N) is 1. The number of hydrogen-bond donors (Lipinski definition) is 0. The van der Waals surface area contributed by atoms with Gasteiger partial charge in [-0.05, 0) is 67.5 Å². The molecule has 0 aromatic heterocycles. The zero-order valence-corrected chi connectivity index (χ0v) is 24.2. The fraction of sp³-hybridized carbons (Fsp3) is 0.556. The molecular formula is C36H53N. The van der Waals surface area contributed by atoms with E-state index < -0.39 is 0 Å². The maximum Gasteiger partial charge on any atom is 0.0411 e. The molecule has 1 nitrogen and oxygen atoms in total. The van der Waals surface area contributed by atoms with Crippen molar-refractivity contribution in [1.29, 1.82) is 0 Å². The van der Waals surface area contributed by atoms with Gasteiger partial charge in [-0.15, -0.1) is 0 Å². The predicted molar refractivity (Wildman–Crippen MR) is 165 cm³/mol. The number of aryl methyl sites for hydroxylation is 2. The van der Waals surface area contributed by atoms with Gasteiger partial charge in [-0.1, -0.05) is 134 Å². The fourth-order valence-electron chi connectivity index (χ4n) is 5.49. The minimum absolute atomic E-state index is 0.142. The van der Waals surface area contributed by atoms with Gasteiger partial charge in [0, 0.05) is 23.3 Å². The molecule has 2 aromatic rings.